The van der Waals surface area contributed by atoms with Gasteiger partial charge in [-0.2, -0.15) is 0 Å². The van der Waals surface area contributed by atoms with Crippen molar-refractivity contribution in [2.24, 2.45) is 0 Å². The number of hydrogen-bond donors (Lipinski definition) is 1. The number of halogens is 1. The van der Waals surface area contributed by atoms with Crippen LogP contribution in [0.25, 0.3) is 11.0 Å². The summed E-state index contributed by atoms with van der Waals surface area (Å²) in [5.74, 6) is 1.87. The Bertz CT molecular complexity index is 1350. The SMILES string of the molecule is Cc1ccc(C(=O)NCCCc2nc3ccccc3n2CCCOc2cc(C)c(Cl)c(C)c2)c(C)c1. The highest BCUT2D eigenvalue weighted by Gasteiger charge is 2.12. The van der Waals surface area contributed by atoms with Gasteiger partial charge in [0.15, 0.2) is 0 Å². The van der Waals surface area contributed by atoms with E-state index in [0.29, 0.717) is 13.2 Å². The minimum Gasteiger partial charge on any atom is -0.494 e. The molecule has 1 aromatic heterocycles. The number of carbonyl (C=O) groups is 1. The highest BCUT2D eigenvalue weighted by molar-refractivity contribution is 6.32. The predicted octanol–water partition coefficient (Wildman–Crippen LogP) is 6.76. The van der Waals surface area contributed by atoms with E-state index >= 15 is 0 Å². The van der Waals surface area contributed by atoms with Crippen molar-refractivity contribution < 1.29 is 9.53 Å². The first kappa shape index (κ1) is 25.8. The molecule has 36 heavy (non-hydrogen) atoms. The molecule has 5 nitrogen and oxygen atoms in total. The Morgan fingerprint density at radius 1 is 0.972 bits per heavy atom. The second kappa shape index (κ2) is 11.6. The van der Waals surface area contributed by atoms with Gasteiger partial charge in [-0.3, -0.25) is 4.79 Å². The molecule has 4 aromatic rings. The van der Waals surface area contributed by atoms with Crippen molar-refractivity contribution in [3.8, 4) is 5.75 Å². The van der Waals surface area contributed by atoms with E-state index in [2.05, 4.69) is 16.0 Å². The summed E-state index contributed by atoms with van der Waals surface area (Å²) < 4.78 is 8.30. The van der Waals surface area contributed by atoms with Gasteiger partial charge in [0, 0.05) is 30.1 Å². The lowest BCUT2D eigenvalue weighted by molar-refractivity contribution is 0.0952. The predicted molar refractivity (Wildman–Crippen MR) is 147 cm³/mol. The lowest BCUT2D eigenvalue weighted by Gasteiger charge is -2.12. The maximum atomic E-state index is 12.6. The maximum absolute atomic E-state index is 12.6. The van der Waals surface area contributed by atoms with Gasteiger partial charge in [0.1, 0.15) is 11.6 Å². The molecular weight excluding hydrogens is 470 g/mol. The van der Waals surface area contributed by atoms with Crippen LogP contribution in [0.5, 0.6) is 5.75 Å². The first-order valence-corrected chi connectivity index (χ1v) is 12.9. The molecule has 0 aliphatic rings. The fraction of sp³-hybridized carbons (Fsp3) is 0.333. The van der Waals surface area contributed by atoms with Gasteiger partial charge in [-0.05, 0) is 87.6 Å². The monoisotopic (exact) mass is 503 g/mol. The summed E-state index contributed by atoms with van der Waals surface area (Å²) >= 11 is 6.28. The number of benzene rings is 3. The van der Waals surface area contributed by atoms with E-state index in [1.165, 1.54) is 0 Å². The number of imidazole rings is 1. The highest BCUT2D eigenvalue weighted by Crippen LogP contribution is 2.26. The molecule has 4 rings (SSSR count). The Balaban J connectivity index is 1.34. The van der Waals surface area contributed by atoms with Crippen LogP contribution in [0.4, 0.5) is 0 Å². The molecule has 0 atom stereocenters. The molecule has 1 amide bonds. The van der Waals surface area contributed by atoms with Crippen molar-refractivity contribution >= 4 is 28.5 Å². The molecule has 6 heteroatoms. The third kappa shape index (κ3) is 6.08. The number of nitrogens with zero attached hydrogens (tertiary/aromatic N) is 2. The minimum absolute atomic E-state index is 0.0224. The van der Waals surface area contributed by atoms with E-state index in [1.807, 2.05) is 76.2 Å². The second-order valence-electron chi connectivity index (χ2n) is 9.42. The van der Waals surface area contributed by atoms with Crippen LogP contribution < -0.4 is 10.1 Å². The van der Waals surface area contributed by atoms with Gasteiger partial charge in [-0.15, -0.1) is 0 Å². The van der Waals surface area contributed by atoms with Gasteiger partial charge < -0.3 is 14.6 Å². The molecule has 0 fully saturated rings. The summed E-state index contributed by atoms with van der Waals surface area (Å²) in [6.07, 6.45) is 2.47. The first-order valence-electron chi connectivity index (χ1n) is 12.5. The average molecular weight is 504 g/mol. The number of nitrogens with one attached hydrogen (secondary N) is 1. The van der Waals surface area contributed by atoms with Crippen molar-refractivity contribution in [1.29, 1.82) is 0 Å². The highest BCUT2D eigenvalue weighted by atomic mass is 35.5. The number of hydrogen-bond acceptors (Lipinski definition) is 3. The molecule has 0 aliphatic heterocycles. The van der Waals surface area contributed by atoms with Crippen LogP contribution in [0, 0.1) is 27.7 Å². The fourth-order valence-corrected chi connectivity index (χ4v) is 4.69. The minimum atomic E-state index is -0.0224. The smallest absolute Gasteiger partial charge is 0.251 e. The Labute approximate surface area is 218 Å². The second-order valence-corrected chi connectivity index (χ2v) is 9.80. The molecule has 0 spiro atoms. The van der Waals surface area contributed by atoms with E-state index in [1.54, 1.807) is 0 Å². The third-order valence-corrected chi connectivity index (χ3v) is 7.02. The fourth-order valence-electron chi connectivity index (χ4n) is 4.58. The quantitative estimate of drug-likeness (QED) is 0.243. The van der Waals surface area contributed by atoms with E-state index in [4.69, 9.17) is 21.3 Å². The summed E-state index contributed by atoms with van der Waals surface area (Å²) in [7, 11) is 0. The third-order valence-electron chi connectivity index (χ3n) is 6.43. The largest absolute Gasteiger partial charge is 0.494 e. The molecule has 0 saturated carbocycles. The topological polar surface area (TPSA) is 56.2 Å². The number of amides is 1. The van der Waals surface area contributed by atoms with Gasteiger partial charge in [0.2, 0.25) is 0 Å². The molecule has 1 heterocycles. The molecule has 0 saturated heterocycles. The molecule has 0 bridgehead atoms. The van der Waals surface area contributed by atoms with Crippen LogP contribution >= 0.6 is 11.6 Å². The molecule has 0 unspecified atom stereocenters. The van der Waals surface area contributed by atoms with Crippen molar-refractivity contribution in [3.05, 3.63) is 93.3 Å². The van der Waals surface area contributed by atoms with E-state index in [-0.39, 0.29) is 5.91 Å². The Morgan fingerprint density at radius 2 is 1.72 bits per heavy atom. The number of para-hydroxylation sites is 2. The molecule has 188 valence electrons. The summed E-state index contributed by atoms with van der Waals surface area (Å²) in [6, 6.07) is 18.1. The van der Waals surface area contributed by atoms with Gasteiger partial charge in [-0.25, -0.2) is 4.98 Å². The normalized spacial score (nSPS) is 11.1. The molecule has 1 N–H and O–H groups in total. The zero-order valence-corrected chi connectivity index (χ0v) is 22.3. The lowest BCUT2D eigenvalue weighted by Crippen LogP contribution is -2.25. The van der Waals surface area contributed by atoms with Crippen LogP contribution in [-0.4, -0.2) is 28.6 Å². The van der Waals surface area contributed by atoms with E-state index in [9.17, 15) is 4.79 Å². The Hall–Kier alpha value is -3.31. The number of ether oxygens (including phenoxy) is 1. The van der Waals surface area contributed by atoms with Gasteiger partial charge in [-0.1, -0.05) is 41.4 Å². The number of fused-ring (bicyclic) bond motifs is 1. The standard InChI is InChI=1S/C30H34ClN3O2/c1-20-12-13-25(21(2)17-20)30(35)32-14-7-11-28-33-26-9-5-6-10-27(26)34(28)15-8-16-36-24-18-22(3)29(31)23(4)19-24/h5-6,9-10,12-13,17-19H,7-8,11,14-16H2,1-4H3,(H,32,35). The Morgan fingerprint density at radius 3 is 2.47 bits per heavy atom. The number of carbonyl (C=O) groups excluding carboxylic acids is 1. The maximum Gasteiger partial charge on any atom is 0.251 e. The summed E-state index contributed by atoms with van der Waals surface area (Å²) in [5.41, 5.74) is 7.08. The van der Waals surface area contributed by atoms with Crippen LogP contribution in [-0.2, 0) is 13.0 Å². The van der Waals surface area contributed by atoms with Gasteiger partial charge >= 0.3 is 0 Å². The zero-order chi connectivity index (χ0) is 25.7. The number of aryl methyl sites for hydroxylation is 6. The zero-order valence-electron chi connectivity index (χ0n) is 21.5. The first-order chi connectivity index (χ1) is 17.3. The summed E-state index contributed by atoms with van der Waals surface area (Å²) in [4.78, 5) is 17.5. The lowest BCUT2D eigenvalue weighted by atomic mass is 10.1. The number of aromatic nitrogens is 2. The average Bonchev–Trinajstić information content (AvgIpc) is 3.20. The molecular formula is C30H34ClN3O2. The Kier molecular flexibility index (Phi) is 8.32. The molecule has 0 aliphatic carbocycles. The van der Waals surface area contributed by atoms with Crippen LogP contribution in [0.15, 0.2) is 54.6 Å². The molecule has 0 radical (unpaired) electrons. The van der Waals surface area contributed by atoms with Crippen LogP contribution in [0.3, 0.4) is 0 Å². The van der Waals surface area contributed by atoms with E-state index in [0.717, 1.165) is 81.3 Å². The van der Waals surface area contributed by atoms with Crippen molar-refractivity contribution in [1.82, 2.24) is 14.9 Å². The van der Waals surface area contributed by atoms with Crippen molar-refractivity contribution in [2.45, 2.75) is 53.5 Å². The van der Waals surface area contributed by atoms with Gasteiger partial charge in [0.25, 0.3) is 5.91 Å². The van der Waals surface area contributed by atoms with Crippen molar-refractivity contribution in [2.75, 3.05) is 13.2 Å². The summed E-state index contributed by atoms with van der Waals surface area (Å²) in [6.45, 7) is 10.0. The van der Waals surface area contributed by atoms with Gasteiger partial charge in [0.05, 0.1) is 17.6 Å². The van der Waals surface area contributed by atoms with Crippen LogP contribution in [0.2, 0.25) is 5.02 Å². The number of rotatable bonds is 10. The van der Waals surface area contributed by atoms with Crippen LogP contribution in [0.1, 0.15) is 51.3 Å². The molecule has 3 aromatic carbocycles. The van der Waals surface area contributed by atoms with E-state index < -0.39 is 0 Å². The van der Waals surface area contributed by atoms with Crippen molar-refractivity contribution in [3.63, 3.8) is 0 Å². The summed E-state index contributed by atoms with van der Waals surface area (Å²) in [5, 5.41) is 3.85.